The van der Waals surface area contributed by atoms with Crippen LogP contribution >= 0.6 is 8.20 Å². The first-order valence-corrected chi connectivity index (χ1v) is 5.93. The van der Waals surface area contributed by atoms with Gasteiger partial charge < -0.3 is 0 Å². The molecule has 0 fully saturated rings. The zero-order chi connectivity index (χ0) is 9.83. The van der Waals surface area contributed by atoms with Gasteiger partial charge in [-0.25, -0.2) is 0 Å². The van der Waals surface area contributed by atoms with Crippen LogP contribution in [0.25, 0.3) is 0 Å². The zero-order valence-corrected chi connectivity index (χ0v) is 10.3. The Hall–Kier alpha value is 0.170. The van der Waals surface area contributed by atoms with Gasteiger partial charge in [-0.15, -0.1) is 8.20 Å². The third-order valence-electron chi connectivity index (χ3n) is 1.92. The second-order valence-electron chi connectivity index (χ2n) is 5.37. The van der Waals surface area contributed by atoms with Gasteiger partial charge in [0, 0.05) is 0 Å². The highest BCUT2D eigenvalue weighted by Crippen LogP contribution is 2.24. The summed E-state index contributed by atoms with van der Waals surface area (Å²) >= 11 is 0. The van der Waals surface area contributed by atoms with E-state index in [1.54, 1.807) is 0 Å². The molecule has 0 heterocycles. The van der Waals surface area contributed by atoms with Crippen LogP contribution in [0.15, 0.2) is 0 Å². The topological polar surface area (TPSA) is 0 Å². The Morgan fingerprint density at radius 2 is 1.58 bits per heavy atom. The lowest BCUT2D eigenvalue weighted by Crippen LogP contribution is -2.11. The molecular formula is C11H23P. The normalized spacial score (nSPS) is 14.2. The van der Waals surface area contributed by atoms with Crippen molar-refractivity contribution in [1.29, 1.82) is 0 Å². The minimum atomic E-state index is 0.423. The van der Waals surface area contributed by atoms with Crippen LogP contribution in [0, 0.1) is 10.8 Å². The molecule has 0 amide bonds. The molecule has 0 aromatic heterocycles. The Balaban J connectivity index is 3.92. The van der Waals surface area contributed by atoms with E-state index in [2.05, 4.69) is 47.3 Å². The standard InChI is InChI=1S/C11H23P/c1-7-11(5,6)9-12-8-10(2,3)4/h9H,7-8H2,1-6H3. The van der Waals surface area contributed by atoms with Crippen LogP contribution in [0.3, 0.4) is 0 Å². The summed E-state index contributed by atoms with van der Waals surface area (Å²) in [7, 11) is 1.49. The summed E-state index contributed by atoms with van der Waals surface area (Å²) in [6.45, 7) is 13.8. The lowest BCUT2D eigenvalue weighted by atomic mass is 9.94. The van der Waals surface area contributed by atoms with E-state index in [1.165, 1.54) is 20.8 Å². The minimum Gasteiger partial charge on any atom is -0.108 e. The maximum Gasteiger partial charge on any atom is -0.00603 e. The molecule has 12 heavy (non-hydrogen) atoms. The number of hydrogen-bond acceptors (Lipinski definition) is 0. The summed E-state index contributed by atoms with van der Waals surface area (Å²) in [5.41, 5.74) is 0.898. The molecule has 0 spiro atoms. The number of hydrogen-bond donors (Lipinski definition) is 0. The molecule has 0 saturated carbocycles. The van der Waals surface area contributed by atoms with Gasteiger partial charge in [0.05, 0.1) is 0 Å². The van der Waals surface area contributed by atoms with E-state index in [0.29, 0.717) is 10.8 Å². The molecule has 0 aromatic carbocycles. The van der Waals surface area contributed by atoms with Crippen LogP contribution < -0.4 is 0 Å². The fourth-order valence-corrected chi connectivity index (χ4v) is 1.97. The quantitative estimate of drug-likeness (QED) is 0.579. The van der Waals surface area contributed by atoms with Gasteiger partial charge in [0.1, 0.15) is 0 Å². The van der Waals surface area contributed by atoms with Gasteiger partial charge in [-0.3, -0.25) is 0 Å². The van der Waals surface area contributed by atoms with Gasteiger partial charge in [0.25, 0.3) is 0 Å². The molecule has 0 aliphatic rings. The smallest absolute Gasteiger partial charge is 0.00603 e. The molecule has 0 rings (SSSR count). The van der Waals surface area contributed by atoms with Crippen LogP contribution in [0.2, 0.25) is 0 Å². The Morgan fingerprint density at radius 3 is 1.92 bits per heavy atom. The van der Waals surface area contributed by atoms with E-state index in [4.69, 9.17) is 0 Å². The molecule has 0 N–H and O–H groups in total. The molecule has 0 atom stereocenters. The second kappa shape index (κ2) is 4.42. The van der Waals surface area contributed by atoms with Gasteiger partial charge in [-0.05, 0) is 23.4 Å². The summed E-state index contributed by atoms with van der Waals surface area (Å²) in [5.74, 6) is 2.44. The van der Waals surface area contributed by atoms with Crippen molar-refractivity contribution in [1.82, 2.24) is 0 Å². The van der Waals surface area contributed by atoms with E-state index in [9.17, 15) is 0 Å². The highest BCUT2D eigenvalue weighted by atomic mass is 31.1. The first kappa shape index (κ1) is 12.2. The molecular weight excluding hydrogens is 163 g/mol. The zero-order valence-electron chi connectivity index (χ0n) is 9.44. The van der Waals surface area contributed by atoms with Crippen LogP contribution in [0.5, 0.6) is 0 Å². The van der Waals surface area contributed by atoms with E-state index in [0.717, 1.165) is 0 Å². The largest absolute Gasteiger partial charge is 0.108 e. The van der Waals surface area contributed by atoms with Crippen molar-refractivity contribution in [2.75, 3.05) is 6.16 Å². The van der Waals surface area contributed by atoms with E-state index >= 15 is 0 Å². The van der Waals surface area contributed by atoms with Gasteiger partial charge in [-0.1, -0.05) is 47.3 Å². The van der Waals surface area contributed by atoms with Crippen molar-refractivity contribution in [2.24, 2.45) is 10.8 Å². The highest BCUT2D eigenvalue weighted by Gasteiger charge is 2.12. The maximum atomic E-state index is 2.44. The molecule has 0 aliphatic carbocycles. The predicted molar refractivity (Wildman–Crippen MR) is 61.4 cm³/mol. The highest BCUT2D eigenvalue weighted by molar-refractivity contribution is 7.38. The van der Waals surface area contributed by atoms with Gasteiger partial charge >= 0.3 is 0 Å². The van der Waals surface area contributed by atoms with Gasteiger partial charge in [0.15, 0.2) is 0 Å². The van der Waals surface area contributed by atoms with Crippen molar-refractivity contribution < 1.29 is 0 Å². The Morgan fingerprint density at radius 1 is 1.08 bits per heavy atom. The summed E-state index contributed by atoms with van der Waals surface area (Å²) in [5, 5.41) is 0. The van der Waals surface area contributed by atoms with Crippen molar-refractivity contribution in [3.63, 3.8) is 0 Å². The van der Waals surface area contributed by atoms with E-state index < -0.39 is 0 Å². The molecule has 1 heteroatoms. The summed E-state index contributed by atoms with van der Waals surface area (Å²) in [4.78, 5) is 0. The fraction of sp³-hybridized carbons (Fsp3) is 0.909. The molecule has 0 bridgehead atoms. The summed E-state index contributed by atoms with van der Waals surface area (Å²) in [6, 6.07) is 0. The Labute approximate surface area is 79.6 Å². The Bertz CT molecular complexity index is 149. The van der Waals surface area contributed by atoms with E-state index in [-0.39, 0.29) is 0 Å². The van der Waals surface area contributed by atoms with Gasteiger partial charge in [-0.2, -0.15) is 0 Å². The van der Waals surface area contributed by atoms with Crippen molar-refractivity contribution >= 4 is 14.0 Å². The van der Waals surface area contributed by atoms with Crippen LogP contribution in [-0.2, 0) is 0 Å². The van der Waals surface area contributed by atoms with Crippen LogP contribution in [0.4, 0.5) is 0 Å². The summed E-state index contributed by atoms with van der Waals surface area (Å²) < 4.78 is 0. The first-order chi connectivity index (χ1) is 5.27. The van der Waals surface area contributed by atoms with Crippen molar-refractivity contribution in [2.45, 2.75) is 48.0 Å². The van der Waals surface area contributed by atoms with E-state index in [1.807, 2.05) is 0 Å². The molecule has 0 aliphatic heterocycles. The molecule has 0 unspecified atom stereocenters. The van der Waals surface area contributed by atoms with Crippen LogP contribution in [-0.4, -0.2) is 12.0 Å². The molecule has 0 saturated heterocycles. The predicted octanol–water partition coefficient (Wildman–Crippen LogP) is 4.22. The fourth-order valence-electron chi connectivity index (χ4n) is 0.658. The number of rotatable bonds is 3. The lowest BCUT2D eigenvalue weighted by molar-refractivity contribution is 0.479. The SMILES string of the molecule is CCC(C)(C)C=PCC(C)(C)C. The average Bonchev–Trinajstić information content (AvgIpc) is 1.84. The van der Waals surface area contributed by atoms with Crippen molar-refractivity contribution in [3.05, 3.63) is 0 Å². The minimum absolute atomic E-state index is 0.423. The summed E-state index contributed by atoms with van der Waals surface area (Å²) in [6.07, 6.45) is 2.51. The third kappa shape index (κ3) is 6.85. The lowest BCUT2D eigenvalue weighted by Gasteiger charge is -2.19. The van der Waals surface area contributed by atoms with Gasteiger partial charge in [0.2, 0.25) is 0 Å². The molecule has 72 valence electrons. The average molecular weight is 186 g/mol. The second-order valence-corrected chi connectivity index (χ2v) is 6.31. The first-order valence-electron chi connectivity index (χ1n) is 4.78. The molecule has 0 aromatic rings. The van der Waals surface area contributed by atoms with Crippen molar-refractivity contribution in [3.8, 4) is 0 Å². The monoisotopic (exact) mass is 186 g/mol. The third-order valence-corrected chi connectivity index (χ3v) is 3.93. The van der Waals surface area contributed by atoms with Crippen LogP contribution in [0.1, 0.15) is 48.0 Å². The molecule has 0 radical (unpaired) electrons. The Kier molecular flexibility index (Phi) is 4.48. The molecule has 0 nitrogen and oxygen atoms in total. The maximum absolute atomic E-state index is 2.44.